The molecule has 2 N–H and O–H groups in total. The predicted molar refractivity (Wildman–Crippen MR) is 75.1 cm³/mol. The van der Waals surface area contributed by atoms with Crippen LogP contribution in [-0.2, 0) is 4.79 Å². The van der Waals surface area contributed by atoms with Crippen molar-refractivity contribution in [2.24, 2.45) is 5.92 Å². The van der Waals surface area contributed by atoms with Crippen molar-refractivity contribution in [2.45, 2.75) is 12.8 Å². The van der Waals surface area contributed by atoms with Gasteiger partial charge in [-0.05, 0) is 25.0 Å². The van der Waals surface area contributed by atoms with Gasteiger partial charge in [0.05, 0.1) is 17.0 Å². The van der Waals surface area contributed by atoms with E-state index >= 15 is 0 Å². The van der Waals surface area contributed by atoms with E-state index in [4.69, 9.17) is 0 Å². The molecule has 1 unspecified atom stereocenters. The number of nitrogens with one attached hydrogen (secondary N) is 2. The maximum absolute atomic E-state index is 11.7. The highest BCUT2D eigenvalue weighted by Crippen LogP contribution is 2.23. The molecule has 1 aromatic carbocycles. The highest BCUT2D eigenvalue weighted by molar-refractivity contribution is 5.80. The average molecular weight is 258 g/mol. The summed E-state index contributed by atoms with van der Waals surface area (Å²) >= 11 is 0. The Morgan fingerprint density at radius 2 is 2.32 bits per heavy atom. The quantitative estimate of drug-likeness (QED) is 0.858. The van der Waals surface area contributed by atoms with Crippen LogP contribution >= 0.6 is 0 Å². The Morgan fingerprint density at radius 1 is 1.47 bits per heavy atom. The lowest BCUT2D eigenvalue weighted by Crippen LogP contribution is -2.42. The van der Waals surface area contributed by atoms with Crippen LogP contribution in [0.15, 0.2) is 24.3 Å². The molecule has 1 saturated heterocycles. The van der Waals surface area contributed by atoms with Crippen molar-refractivity contribution in [2.75, 3.05) is 25.0 Å². The molecule has 100 valence electrons. The smallest absolute Gasteiger partial charge is 0.224 e. The Bertz CT molecular complexity index is 559. The Hall–Kier alpha value is -2.04. The number of aromatic nitrogens is 2. The van der Waals surface area contributed by atoms with E-state index in [2.05, 4.69) is 20.2 Å². The summed E-state index contributed by atoms with van der Waals surface area (Å²) in [4.78, 5) is 21.8. The van der Waals surface area contributed by atoms with Gasteiger partial charge in [0, 0.05) is 20.1 Å². The van der Waals surface area contributed by atoms with Crippen molar-refractivity contribution in [3.63, 3.8) is 0 Å². The number of hydrogen-bond acceptors (Lipinski definition) is 3. The number of carbonyl (C=O) groups excluding carboxylic acids is 1. The molecule has 1 amide bonds. The van der Waals surface area contributed by atoms with Gasteiger partial charge in [-0.25, -0.2) is 4.98 Å². The fourth-order valence-electron chi connectivity index (χ4n) is 2.68. The second-order valence-electron chi connectivity index (χ2n) is 4.98. The van der Waals surface area contributed by atoms with Crippen LogP contribution in [0.2, 0.25) is 0 Å². The van der Waals surface area contributed by atoms with Crippen LogP contribution in [-0.4, -0.2) is 36.0 Å². The van der Waals surface area contributed by atoms with Crippen LogP contribution in [0.4, 0.5) is 5.95 Å². The van der Waals surface area contributed by atoms with Crippen molar-refractivity contribution in [3.05, 3.63) is 24.3 Å². The second kappa shape index (κ2) is 4.91. The minimum atomic E-state index is 0.0620. The molecule has 19 heavy (non-hydrogen) atoms. The highest BCUT2D eigenvalue weighted by atomic mass is 16.1. The molecule has 5 heteroatoms. The largest absolute Gasteiger partial charge is 0.359 e. The number of hydrogen-bond donors (Lipinski definition) is 2. The maximum Gasteiger partial charge on any atom is 0.224 e. The van der Waals surface area contributed by atoms with Gasteiger partial charge in [0.25, 0.3) is 0 Å². The lowest BCUT2D eigenvalue weighted by Gasteiger charge is -2.31. The third-order valence-corrected chi connectivity index (χ3v) is 3.71. The van der Waals surface area contributed by atoms with Gasteiger partial charge in [0.1, 0.15) is 0 Å². The van der Waals surface area contributed by atoms with Gasteiger partial charge in [-0.1, -0.05) is 12.1 Å². The first-order valence-corrected chi connectivity index (χ1v) is 6.69. The summed E-state index contributed by atoms with van der Waals surface area (Å²) < 4.78 is 0. The minimum absolute atomic E-state index is 0.0620. The molecule has 1 atom stereocenters. The zero-order chi connectivity index (χ0) is 13.2. The Labute approximate surface area is 112 Å². The van der Waals surface area contributed by atoms with Gasteiger partial charge in [0.15, 0.2) is 0 Å². The molecular formula is C14H18N4O. The van der Waals surface area contributed by atoms with E-state index in [0.717, 1.165) is 42.9 Å². The van der Waals surface area contributed by atoms with Crippen LogP contribution < -0.4 is 10.2 Å². The van der Waals surface area contributed by atoms with E-state index in [0.29, 0.717) is 0 Å². The Balaban J connectivity index is 1.83. The number of para-hydroxylation sites is 2. The summed E-state index contributed by atoms with van der Waals surface area (Å²) in [6.07, 6.45) is 1.98. The zero-order valence-electron chi connectivity index (χ0n) is 11.0. The number of H-pyrrole nitrogens is 1. The van der Waals surface area contributed by atoms with Crippen molar-refractivity contribution in [1.82, 2.24) is 15.3 Å². The number of fused-ring (bicyclic) bond motifs is 1. The summed E-state index contributed by atoms with van der Waals surface area (Å²) in [6, 6.07) is 7.99. The Morgan fingerprint density at radius 3 is 3.11 bits per heavy atom. The average Bonchev–Trinajstić information content (AvgIpc) is 2.90. The number of carbonyl (C=O) groups is 1. The van der Waals surface area contributed by atoms with Gasteiger partial charge in [-0.3, -0.25) is 4.79 Å². The summed E-state index contributed by atoms with van der Waals surface area (Å²) in [5.74, 6) is 1.06. The zero-order valence-corrected chi connectivity index (χ0v) is 11.0. The number of piperidine rings is 1. The SMILES string of the molecule is CNC(=O)C1CCCN(c2nc3ccccc3[nH]2)C1. The van der Waals surface area contributed by atoms with Crippen LogP contribution in [0.5, 0.6) is 0 Å². The van der Waals surface area contributed by atoms with Crippen molar-refractivity contribution in [3.8, 4) is 0 Å². The molecule has 0 saturated carbocycles. The fourth-order valence-corrected chi connectivity index (χ4v) is 2.68. The summed E-state index contributed by atoms with van der Waals surface area (Å²) in [5, 5.41) is 2.74. The Kier molecular flexibility index (Phi) is 3.11. The maximum atomic E-state index is 11.7. The second-order valence-corrected chi connectivity index (χ2v) is 4.98. The van der Waals surface area contributed by atoms with E-state index in [9.17, 15) is 4.79 Å². The van der Waals surface area contributed by atoms with Gasteiger partial charge >= 0.3 is 0 Å². The molecule has 1 fully saturated rings. The van der Waals surface area contributed by atoms with Crippen molar-refractivity contribution < 1.29 is 4.79 Å². The number of nitrogens with zero attached hydrogens (tertiary/aromatic N) is 2. The number of anilines is 1. The molecule has 2 heterocycles. The molecule has 1 aromatic heterocycles. The van der Waals surface area contributed by atoms with E-state index in [1.807, 2.05) is 24.3 Å². The van der Waals surface area contributed by atoms with Crippen molar-refractivity contribution in [1.29, 1.82) is 0 Å². The molecule has 5 nitrogen and oxygen atoms in total. The van der Waals surface area contributed by atoms with E-state index in [-0.39, 0.29) is 11.8 Å². The van der Waals surface area contributed by atoms with E-state index < -0.39 is 0 Å². The fraction of sp³-hybridized carbons (Fsp3) is 0.429. The molecule has 0 spiro atoms. The minimum Gasteiger partial charge on any atom is -0.359 e. The first kappa shape index (κ1) is 12.0. The third kappa shape index (κ3) is 2.28. The standard InChI is InChI=1S/C14H18N4O/c1-15-13(19)10-5-4-8-18(9-10)14-16-11-6-2-3-7-12(11)17-14/h2-3,6-7,10H,4-5,8-9H2,1H3,(H,15,19)(H,16,17). The van der Waals surface area contributed by atoms with E-state index in [1.54, 1.807) is 7.05 Å². The van der Waals surface area contributed by atoms with Crippen LogP contribution in [0.3, 0.4) is 0 Å². The van der Waals surface area contributed by atoms with Crippen LogP contribution in [0, 0.1) is 5.92 Å². The normalized spacial score (nSPS) is 19.6. The van der Waals surface area contributed by atoms with Gasteiger partial charge in [0.2, 0.25) is 11.9 Å². The lowest BCUT2D eigenvalue weighted by molar-refractivity contribution is -0.124. The number of benzene rings is 1. The van der Waals surface area contributed by atoms with Crippen LogP contribution in [0.1, 0.15) is 12.8 Å². The highest BCUT2D eigenvalue weighted by Gasteiger charge is 2.26. The van der Waals surface area contributed by atoms with Crippen molar-refractivity contribution >= 4 is 22.9 Å². The number of aromatic amines is 1. The molecular weight excluding hydrogens is 240 g/mol. The van der Waals surface area contributed by atoms with Gasteiger partial charge in [-0.2, -0.15) is 0 Å². The van der Waals surface area contributed by atoms with Gasteiger partial charge in [-0.15, -0.1) is 0 Å². The molecule has 1 aliphatic heterocycles. The van der Waals surface area contributed by atoms with Gasteiger partial charge < -0.3 is 15.2 Å². The number of imidazole rings is 1. The monoisotopic (exact) mass is 258 g/mol. The lowest BCUT2D eigenvalue weighted by atomic mass is 9.97. The van der Waals surface area contributed by atoms with Crippen LogP contribution in [0.25, 0.3) is 11.0 Å². The number of rotatable bonds is 2. The molecule has 0 radical (unpaired) electrons. The first-order valence-electron chi connectivity index (χ1n) is 6.69. The molecule has 1 aliphatic rings. The number of amides is 1. The first-order chi connectivity index (χ1) is 9.28. The molecule has 2 aromatic rings. The predicted octanol–water partition coefficient (Wildman–Crippen LogP) is 1.53. The molecule has 0 aliphatic carbocycles. The summed E-state index contributed by atoms with van der Waals surface area (Å²) in [7, 11) is 1.70. The molecule has 3 rings (SSSR count). The summed E-state index contributed by atoms with van der Waals surface area (Å²) in [5.41, 5.74) is 2.01. The van der Waals surface area contributed by atoms with E-state index in [1.165, 1.54) is 0 Å². The summed E-state index contributed by atoms with van der Waals surface area (Å²) in [6.45, 7) is 1.69. The molecule has 0 bridgehead atoms. The topological polar surface area (TPSA) is 61.0 Å². The third-order valence-electron chi connectivity index (χ3n) is 3.71.